The number of rotatable bonds is 6. The number of nitrogens with one attached hydrogen (secondary N) is 1. The van der Waals surface area contributed by atoms with Crippen LogP contribution in [-0.2, 0) is 10.0 Å². The summed E-state index contributed by atoms with van der Waals surface area (Å²) < 4.78 is 27.5. The minimum atomic E-state index is -3.74. The lowest BCUT2D eigenvalue weighted by molar-refractivity contribution is -0.384. The smallest absolute Gasteiger partial charge is 0.258 e. The van der Waals surface area contributed by atoms with Gasteiger partial charge in [-0.1, -0.05) is 36.8 Å². The zero-order valence-corrected chi connectivity index (χ0v) is 13.7. The van der Waals surface area contributed by atoms with Gasteiger partial charge >= 0.3 is 0 Å². The van der Waals surface area contributed by atoms with Crippen molar-refractivity contribution < 1.29 is 13.3 Å². The number of hydrogen-bond acceptors (Lipinski definition) is 4. The van der Waals surface area contributed by atoms with Gasteiger partial charge in [0, 0.05) is 18.2 Å². The van der Waals surface area contributed by atoms with Gasteiger partial charge in [-0.05, 0) is 31.0 Å². The van der Waals surface area contributed by atoms with E-state index < -0.39 is 14.9 Å². The highest BCUT2D eigenvalue weighted by molar-refractivity contribution is 7.89. The Morgan fingerprint density at radius 3 is 2.13 bits per heavy atom. The Hall–Kier alpha value is -2.25. The van der Waals surface area contributed by atoms with Gasteiger partial charge in [-0.15, -0.1) is 0 Å². The zero-order chi connectivity index (χ0) is 17.0. The number of benzene rings is 2. The van der Waals surface area contributed by atoms with Crippen LogP contribution < -0.4 is 4.72 Å². The highest BCUT2D eigenvalue weighted by atomic mass is 32.2. The maximum Gasteiger partial charge on any atom is 0.269 e. The van der Waals surface area contributed by atoms with Crippen LogP contribution in [0.3, 0.4) is 0 Å². The van der Waals surface area contributed by atoms with Crippen molar-refractivity contribution in [2.45, 2.75) is 31.2 Å². The molecule has 0 amide bonds. The number of nitro groups is 1. The molecule has 0 aromatic heterocycles. The van der Waals surface area contributed by atoms with Crippen molar-refractivity contribution in [1.82, 2.24) is 4.72 Å². The number of sulfonamides is 1. The van der Waals surface area contributed by atoms with Crippen LogP contribution >= 0.6 is 0 Å². The van der Waals surface area contributed by atoms with E-state index in [0.717, 1.165) is 11.1 Å². The molecule has 2 aromatic carbocycles. The zero-order valence-electron chi connectivity index (χ0n) is 12.9. The van der Waals surface area contributed by atoms with Crippen molar-refractivity contribution in [3.63, 3.8) is 0 Å². The van der Waals surface area contributed by atoms with E-state index in [9.17, 15) is 18.5 Å². The molecule has 0 radical (unpaired) electrons. The Kier molecular flexibility index (Phi) is 5.12. The molecule has 2 rings (SSSR count). The first-order chi connectivity index (χ1) is 10.8. The van der Waals surface area contributed by atoms with Gasteiger partial charge in [-0.25, -0.2) is 13.1 Å². The van der Waals surface area contributed by atoms with Gasteiger partial charge in [0.25, 0.3) is 5.69 Å². The summed E-state index contributed by atoms with van der Waals surface area (Å²) in [5.74, 6) is 0. The molecule has 0 fully saturated rings. The summed E-state index contributed by atoms with van der Waals surface area (Å²) in [6, 6.07) is 12.1. The molecular weight excluding hydrogens is 316 g/mol. The van der Waals surface area contributed by atoms with E-state index in [1.807, 2.05) is 38.1 Å². The predicted molar refractivity (Wildman–Crippen MR) is 87.6 cm³/mol. The Balaban J connectivity index is 2.24. The molecule has 0 heterocycles. The molecule has 122 valence electrons. The van der Waals surface area contributed by atoms with Crippen LogP contribution in [0.2, 0.25) is 0 Å². The van der Waals surface area contributed by atoms with E-state index in [1.165, 1.54) is 24.3 Å². The summed E-state index contributed by atoms with van der Waals surface area (Å²) in [6.45, 7) is 3.86. The van der Waals surface area contributed by atoms with Crippen LogP contribution in [0.4, 0.5) is 5.69 Å². The monoisotopic (exact) mass is 334 g/mol. The maximum absolute atomic E-state index is 12.4. The third-order valence-electron chi connectivity index (χ3n) is 3.54. The molecule has 0 saturated heterocycles. The van der Waals surface area contributed by atoms with Crippen molar-refractivity contribution in [3.8, 4) is 0 Å². The molecule has 0 bridgehead atoms. The Bertz CT molecular complexity index is 784. The fourth-order valence-corrected chi connectivity index (χ4v) is 3.50. The second-order valence-corrected chi connectivity index (χ2v) is 6.96. The Labute approximate surface area is 135 Å². The summed E-state index contributed by atoms with van der Waals surface area (Å²) in [5.41, 5.74) is 1.83. The van der Waals surface area contributed by atoms with E-state index in [-0.39, 0.29) is 16.6 Å². The summed E-state index contributed by atoms with van der Waals surface area (Å²) in [7, 11) is -3.74. The Morgan fingerprint density at radius 2 is 1.65 bits per heavy atom. The number of aryl methyl sites for hydroxylation is 1. The summed E-state index contributed by atoms with van der Waals surface area (Å²) in [4.78, 5) is 10.1. The summed E-state index contributed by atoms with van der Waals surface area (Å²) in [6.07, 6.45) is 0.593. The fraction of sp³-hybridized carbons (Fsp3) is 0.250. The highest BCUT2D eigenvalue weighted by Crippen LogP contribution is 2.22. The van der Waals surface area contributed by atoms with Crippen LogP contribution in [0.5, 0.6) is 0 Å². The predicted octanol–water partition coefficient (Wildman–Crippen LogP) is 3.33. The van der Waals surface area contributed by atoms with Crippen LogP contribution in [0.15, 0.2) is 53.4 Å². The minimum absolute atomic E-state index is 0.00802. The van der Waals surface area contributed by atoms with Crippen molar-refractivity contribution in [1.29, 1.82) is 0 Å². The lowest BCUT2D eigenvalue weighted by atomic mass is 10.0. The molecule has 0 aliphatic carbocycles. The summed E-state index contributed by atoms with van der Waals surface area (Å²) >= 11 is 0. The quantitative estimate of drug-likeness (QED) is 0.648. The van der Waals surface area contributed by atoms with Crippen molar-refractivity contribution in [3.05, 3.63) is 69.8 Å². The third kappa shape index (κ3) is 4.14. The van der Waals surface area contributed by atoms with Crippen molar-refractivity contribution in [2.24, 2.45) is 0 Å². The molecular formula is C16H18N2O4S. The molecule has 0 aliphatic rings. The number of nitrogens with zero attached hydrogens (tertiary/aromatic N) is 1. The maximum atomic E-state index is 12.4. The van der Waals surface area contributed by atoms with E-state index in [4.69, 9.17) is 0 Å². The van der Waals surface area contributed by atoms with Gasteiger partial charge in [-0.3, -0.25) is 10.1 Å². The minimum Gasteiger partial charge on any atom is -0.258 e. The number of nitro benzene ring substituents is 1. The summed E-state index contributed by atoms with van der Waals surface area (Å²) in [5, 5.41) is 10.6. The van der Waals surface area contributed by atoms with Gasteiger partial charge in [-0.2, -0.15) is 0 Å². The van der Waals surface area contributed by atoms with Gasteiger partial charge in [0.05, 0.1) is 9.82 Å². The Morgan fingerprint density at radius 1 is 1.09 bits per heavy atom. The molecule has 2 aromatic rings. The average Bonchev–Trinajstić information content (AvgIpc) is 2.53. The van der Waals surface area contributed by atoms with Gasteiger partial charge in [0.15, 0.2) is 0 Å². The van der Waals surface area contributed by atoms with E-state index >= 15 is 0 Å². The molecule has 7 heteroatoms. The molecule has 0 saturated carbocycles. The number of non-ortho nitro benzene ring substituents is 1. The van der Waals surface area contributed by atoms with E-state index in [0.29, 0.717) is 6.42 Å². The first kappa shape index (κ1) is 17.1. The van der Waals surface area contributed by atoms with Crippen LogP contribution in [-0.4, -0.2) is 13.3 Å². The molecule has 0 spiro atoms. The second kappa shape index (κ2) is 6.89. The van der Waals surface area contributed by atoms with E-state index in [1.54, 1.807) is 0 Å². The van der Waals surface area contributed by atoms with Crippen molar-refractivity contribution >= 4 is 15.7 Å². The lowest BCUT2D eigenvalue weighted by Crippen LogP contribution is -2.28. The SMILES string of the molecule is CC[C@@H](NS(=O)(=O)c1ccc([N+](=O)[O-])cc1)c1ccc(C)cc1. The molecule has 23 heavy (non-hydrogen) atoms. The lowest BCUT2D eigenvalue weighted by Gasteiger charge is -2.17. The molecule has 0 aliphatic heterocycles. The first-order valence-corrected chi connectivity index (χ1v) is 8.65. The second-order valence-electron chi connectivity index (χ2n) is 5.24. The topological polar surface area (TPSA) is 89.3 Å². The van der Waals surface area contributed by atoms with Crippen LogP contribution in [0.25, 0.3) is 0 Å². The largest absolute Gasteiger partial charge is 0.269 e. The van der Waals surface area contributed by atoms with Gasteiger partial charge in [0.2, 0.25) is 10.0 Å². The van der Waals surface area contributed by atoms with Gasteiger partial charge < -0.3 is 0 Å². The van der Waals surface area contributed by atoms with Gasteiger partial charge in [0.1, 0.15) is 0 Å². The molecule has 0 unspecified atom stereocenters. The average molecular weight is 334 g/mol. The third-order valence-corrected chi connectivity index (χ3v) is 5.03. The van der Waals surface area contributed by atoms with Crippen LogP contribution in [0, 0.1) is 17.0 Å². The molecule has 1 N–H and O–H groups in total. The highest BCUT2D eigenvalue weighted by Gasteiger charge is 2.21. The van der Waals surface area contributed by atoms with Crippen LogP contribution in [0.1, 0.15) is 30.5 Å². The first-order valence-electron chi connectivity index (χ1n) is 7.17. The molecule has 1 atom stereocenters. The standard InChI is InChI=1S/C16H18N2O4S/c1-3-16(13-6-4-12(2)5-7-13)17-23(21,22)15-10-8-14(9-11-15)18(19)20/h4-11,16-17H,3H2,1-2H3/t16-/m1/s1. The number of hydrogen-bond donors (Lipinski definition) is 1. The van der Waals surface area contributed by atoms with Crippen molar-refractivity contribution in [2.75, 3.05) is 0 Å². The normalized spacial score (nSPS) is 12.8. The fourth-order valence-electron chi connectivity index (χ4n) is 2.19. The van der Waals surface area contributed by atoms with E-state index in [2.05, 4.69) is 4.72 Å². The molecule has 6 nitrogen and oxygen atoms in total.